The number of hydrogen-bond acceptors (Lipinski definition) is 3. The molecule has 0 aromatic heterocycles. The van der Waals surface area contributed by atoms with Crippen LogP contribution in [0.25, 0.3) is 0 Å². The summed E-state index contributed by atoms with van der Waals surface area (Å²) < 4.78 is 0. The minimum absolute atomic E-state index is 0.359. The minimum atomic E-state index is -1.21. The fourth-order valence-corrected chi connectivity index (χ4v) is 3.92. The highest BCUT2D eigenvalue weighted by molar-refractivity contribution is 6.09. The molecule has 3 aromatic carbocycles. The van der Waals surface area contributed by atoms with Crippen LogP contribution in [-0.4, -0.2) is 29.3 Å². The van der Waals surface area contributed by atoms with Crippen LogP contribution in [0, 0.1) is 6.92 Å². The molecule has 0 bridgehead atoms. The van der Waals surface area contributed by atoms with Crippen molar-refractivity contribution < 1.29 is 14.4 Å². The molecule has 6 nitrogen and oxygen atoms in total. The number of hydrogen-bond donors (Lipinski definition) is 2. The van der Waals surface area contributed by atoms with Gasteiger partial charge in [0.05, 0.1) is 6.04 Å². The average Bonchev–Trinajstić information content (AvgIpc) is 3.03. The lowest BCUT2D eigenvalue weighted by Gasteiger charge is -2.23. The van der Waals surface area contributed by atoms with Gasteiger partial charge in [0.15, 0.2) is 0 Å². The second-order valence-electron chi connectivity index (χ2n) is 8.13. The van der Waals surface area contributed by atoms with Crippen molar-refractivity contribution in [1.82, 2.24) is 15.5 Å². The van der Waals surface area contributed by atoms with Crippen LogP contribution in [0.15, 0.2) is 84.9 Å². The smallest absolute Gasteiger partial charge is 0.325 e. The van der Waals surface area contributed by atoms with Gasteiger partial charge >= 0.3 is 6.03 Å². The van der Waals surface area contributed by atoms with Gasteiger partial charge in [0, 0.05) is 0 Å². The first-order valence-corrected chi connectivity index (χ1v) is 10.5. The lowest BCUT2D eigenvalue weighted by molar-refractivity contribution is -0.135. The summed E-state index contributed by atoms with van der Waals surface area (Å²) in [6.45, 7) is 3.25. The van der Waals surface area contributed by atoms with E-state index in [-0.39, 0.29) is 6.54 Å². The zero-order valence-electron chi connectivity index (χ0n) is 18.0. The third kappa shape index (κ3) is 4.12. The summed E-state index contributed by atoms with van der Waals surface area (Å²) in [7, 11) is 0. The van der Waals surface area contributed by atoms with E-state index in [1.54, 1.807) is 6.92 Å². The molecule has 162 valence electrons. The number of carbonyl (C=O) groups excluding carboxylic acids is 3. The van der Waals surface area contributed by atoms with E-state index >= 15 is 0 Å². The molecule has 1 aliphatic rings. The van der Waals surface area contributed by atoms with Crippen LogP contribution < -0.4 is 10.6 Å². The van der Waals surface area contributed by atoms with Crippen LogP contribution in [0.2, 0.25) is 0 Å². The maximum Gasteiger partial charge on any atom is 0.325 e. The maximum atomic E-state index is 13.1. The third-order valence-corrected chi connectivity index (χ3v) is 5.78. The number of imide groups is 1. The van der Waals surface area contributed by atoms with Gasteiger partial charge in [0.1, 0.15) is 12.1 Å². The summed E-state index contributed by atoms with van der Waals surface area (Å²) in [4.78, 5) is 39.7. The summed E-state index contributed by atoms with van der Waals surface area (Å²) in [5.74, 6) is -0.864. The van der Waals surface area contributed by atoms with Crippen LogP contribution >= 0.6 is 0 Å². The van der Waals surface area contributed by atoms with E-state index in [0.717, 1.165) is 21.6 Å². The summed E-state index contributed by atoms with van der Waals surface area (Å²) in [5.41, 5.74) is 2.35. The largest absolute Gasteiger partial charge is 0.344 e. The molecule has 1 saturated heterocycles. The molecule has 32 heavy (non-hydrogen) atoms. The van der Waals surface area contributed by atoms with Gasteiger partial charge in [-0.05, 0) is 30.5 Å². The second-order valence-corrected chi connectivity index (χ2v) is 8.13. The summed E-state index contributed by atoms with van der Waals surface area (Å²) in [6.07, 6.45) is 0. The summed E-state index contributed by atoms with van der Waals surface area (Å²) in [6, 6.07) is 25.6. The summed E-state index contributed by atoms with van der Waals surface area (Å²) in [5, 5.41) is 5.72. The quantitative estimate of drug-likeness (QED) is 0.589. The second kappa shape index (κ2) is 8.67. The Bertz CT molecular complexity index is 1090. The van der Waals surface area contributed by atoms with Crippen molar-refractivity contribution in [2.75, 3.05) is 6.54 Å². The fraction of sp³-hybridized carbons (Fsp3) is 0.192. The Kier molecular flexibility index (Phi) is 5.77. The van der Waals surface area contributed by atoms with Crippen LogP contribution in [-0.2, 0) is 15.1 Å². The van der Waals surface area contributed by atoms with Gasteiger partial charge in [-0.25, -0.2) is 4.79 Å². The lowest BCUT2D eigenvalue weighted by Crippen LogP contribution is -2.44. The first-order chi connectivity index (χ1) is 15.4. The van der Waals surface area contributed by atoms with Gasteiger partial charge in [-0.2, -0.15) is 0 Å². The van der Waals surface area contributed by atoms with Gasteiger partial charge in [0.2, 0.25) is 5.91 Å². The molecule has 1 fully saturated rings. The minimum Gasteiger partial charge on any atom is -0.344 e. The van der Waals surface area contributed by atoms with E-state index in [2.05, 4.69) is 10.6 Å². The van der Waals surface area contributed by atoms with Gasteiger partial charge in [-0.1, -0.05) is 90.5 Å². The van der Waals surface area contributed by atoms with Crippen molar-refractivity contribution in [1.29, 1.82) is 0 Å². The van der Waals surface area contributed by atoms with Crippen molar-refractivity contribution in [2.24, 2.45) is 0 Å². The Morgan fingerprint density at radius 3 is 1.97 bits per heavy atom. The van der Waals surface area contributed by atoms with Crippen molar-refractivity contribution in [3.63, 3.8) is 0 Å². The third-order valence-electron chi connectivity index (χ3n) is 5.78. The monoisotopic (exact) mass is 427 g/mol. The van der Waals surface area contributed by atoms with Crippen molar-refractivity contribution in [3.8, 4) is 0 Å². The van der Waals surface area contributed by atoms with Crippen LogP contribution in [0.4, 0.5) is 4.79 Å². The molecule has 4 rings (SSSR count). The van der Waals surface area contributed by atoms with E-state index in [0.29, 0.717) is 5.56 Å². The molecular weight excluding hydrogens is 402 g/mol. The molecular formula is C26H25N3O3. The Labute approximate surface area is 187 Å². The predicted octanol–water partition coefficient (Wildman–Crippen LogP) is 3.67. The highest BCUT2D eigenvalue weighted by atomic mass is 16.2. The molecule has 3 aromatic rings. The first kappa shape index (κ1) is 21.3. The lowest BCUT2D eigenvalue weighted by atomic mass is 9.91. The fourth-order valence-electron chi connectivity index (χ4n) is 3.92. The molecule has 0 radical (unpaired) electrons. The molecule has 1 aliphatic heterocycles. The molecule has 2 N–H and O–H groups in total. The van der Waals surface area contributed by atoms with Gasteiger partial charge in [-0.15, -0.1) is 0 Å². The first-order valence-electron chi connectivity index (χ1n) is 10.5. The number of amides is 4. The predicted molar refractivity (Wildman–Crippen MR) is 122 cm³/mol. The highest BCUT2D eigenvalue weighted by Crippen LogP contribution is 2.29. The van der Waals surface area contributed by atoms with E-state index in [4.69, 9.17) is 0 Å². The molecule has 4 amide bonds. The molecule has 6 heteroatoms. The van der Waals surface area contributed by atoms with Gasteiger partial charge in [0.25, 0.3) is 5.91 Å². The molecule has 1 unspecified atom stereocenters. The number of urea groups is 1. The van der Waals surface area contributed by atoms with Crippen LogP contribution in [0.3, 0.4) is 0 Å². The number of carbonyl (C=O) groups is 3. The molecule has 0 saturated carbocycles. The number of rotatable bonds is 6. The number of nitrogens with one attached hydrogen (secondary N) is 2. The van der Waals surface area contributed by atoms with Crippen molar-refractivity contribution >= 4 is 17.8 Å². The van der Waals surface area contributed by atoms with E-state index in [1.165, 1.54) is 0 Å². The molecule has 0 aliphatic carbocycles. The Morgan fingerprint density at radius 2 is 1.44 bits per heavy atom. The molecule has 1 atom stereocenters. The topological polar surface area (TPSA) is 78.5 Å². The average molecular weight is 428 g/mol. The molecule has 1 heterocycles. The van der Waals surface area contributed by atoms with Gasteiger partial charge < -0.3 is 10.6 Å². The maximum absolute atomic E-state index is 13.1. The highest BCUT2D eigenvalue weighted by Gasteiger charge is 2.49. The van der Waals surface area contributed by atoms with E-state index in [1.807, 2.05) is 91.9 Å². The van der Waals surface area contributed by atoms with E-state index < -0.39 is 29.4 Å². The Morgan fingerprint density at radius 1 is 0.906 bits per heavy atom. The Balaban J connectivity index is 1.53. The standard InChI is InChI=1S/C26H25N3O3/c1-18-13-15-21(16-14-18)26(2)24(31)29(25(32)28-26)17-22(30)27-23(19-9-5-3-6-10-19)20-11-7-4-8-12-20/h3-16,23H,17H2,1-2H3,(H,27,30)(H,28,32). The zero-order chi connectivity index (χ0) is 22.7. The number of nitrogens with zero attached hydrogens (tertiary/aromatic N) is 1. The van der Waals surface area contributed by atoms with Crippen LogP contribution in [0.1, 0.15) is 35.2 Å². The number of benzene rings is 3. The van der Waals surface area contributed by atoms with E-state index in [9.17, 15) is 14.4 Å². The SMILES string of the molecule is Cc1ccc(C2(C)NC(=O)N(CC(=O)NC(c3ccccc3)c3ccccc3)C2=O)cc1. The zero-order valence-corrected chi connectivity index (χ0v) is 18.0. The Hall–Kier alpha value is -3.93. The van der Waals surface area contributed by atoms with Crippen molar-refractivity contribution in [3.05, 3.63) is 107 Å². The summed E-state index contributed by atoms with van der Waals surface area (Å²) >= 11 is 0. The van der Waals surface area contributed by atoms with Crippen molar-refractivity contribution in [2.45, 2.75) is 25.4 Å². The normalized spacial score (nSPS) is 18.0. The molecule has 0 spiro atoms. The number of aryl methyl sites for hydroxylation is 1. The van der Waals surface area contributed by atoms with Gasteiger partial charge in [-0.3, -0.25) is 14.5 Å². The van der Waals surface area contributed by atoms with Crippen LogP contribution in [0.5, 0.6) is 0 Å².